The molecule has 1 amide bonds. The molecule has 3 aliphatic rings. The van der Waals surface area contributed by atoms with Crippen LogP contribution in [-0.2, 0) is 20.3 Å². The average Bonchev–Trinajstić information content (AvgIpc) is 3.55. The molecular formula is C25H33NO5S2. The number of amides is 1. The van der Waals surface area contributed by atoms with Gasteiger partial charge in [0, 0.05) is 41.1 Å². The number of nitrogens with zero attached hydrogens (tertiary/aromatic N) is 1. The molecule has 1 aliphatic carbocycles. The molecule has 1 aromatic heterocycles. The molecule has 6 nitrogen and oxygen atoms in total. The first-order valence-corrected chi connectivity index (χ1v) is 15.1. The van der Waals surface area contributed by atoms with Crippen molar-refractivity contribution in [2.45, 2.75) is 74.5 Å². The number of rotatable bonds is 7. The van der Waals surface area contributed by atoms with Gasteiger partial charge in [-0.25, -0.2) is 8.42 Å². The molecule has 0 N–H and O–H groups in total. The van der Waals surface area contributed by atoms with Gasteiger partial charge in [0.25, 0.3) is 5.91 Å². The standard InChI is InChI=1S/C25H33NO5S2/c27-25(26(15-19-7-6-13-30-19)18-12-14-33(28,29)17-18)24-22(16-32-20-8-2-1-3-9-20)21-10-4-5-11-23(21)31-24/h4-5,10-11,18-20H,1-3,6-9,12-17H2/t18-,19+/m1/s1. The van der Waals surface area contributed by atoms with Crippen molar-refractivity contribution in [3.05, 3.63) is 35.6 Å². The number of carbonyl (C=O) groups is 1. The van der Waals surface area contributed by atoms with E-state index in [9.17, 15) is 13.2 Å². The molecule has 2 saturated heterocycles. The zero-order valence-corrected chi connectivity index (χ0v) is 20.7. The van der Waals surface area contributed by atoms with Gasteiger partial charge in [0.15, 0.2) is 15.6 Å². The zero-order valence-electron chi connectivity index (χ0n) is 19.0. The quantitative estimate of drug-likeness (QED) is 0.553. The molecule has 33 heavy (non-hydrogen) atoms. The lowest BCUT2D eigenvalue weighted by Crippen LogP contribution is -2.45. The van der Waals surface area contributed by atoms with Crippen LogP contribution >= 0.6 is 11.8 Å². The summed E-state index contributed by atoms with van der Waals surface area (Å²) in [6.45, 7) is 1.12. The fourth-order valence-corrected chi connectivity index (χ4v) is 8.49. The minimum absolute atomic E-state index is 0.0256. The number of para-hydroxylation sites is 1. The van der Waals surface area contributed by atoms with E-state index in [1.807, 2.05) is 36.0 Å². The first-order chi connectivity index (χ1) is 16.0. The number of thioether (sulfide) groups is 1. The summed E-state index contributed by atoms with van der Waals surface area (Å²) in [5.41, 5.74) is 1.67. The van der Waals surface area contributed by atoms with E-state index in [0.717, 1.165) is 35.1 Å². The highest BCUT2D eigenvalue weighted by Crippen LogP contribution is 2.36. The third kappa shape index (κ3) is 5.28. The van der Waals surface area contributed by atoms with E-state index in [4.69, 9.17) is 9.15 Å². The van der Waals surface area contributed by atoms with Crippen LogP contribution in [-0.4, -0.2) is 61.3 Å². The lowest BCUT2D eigenvalue weighted by molar-refractivity contribution is 0.0419. The van der Waals surface area contributed by atoms with Crippen LogP contribution in [0.25, 0.3) is 11.0 Å². The molecule has 2 aliphatic heterocycles. The van der Waals surface area contributed by atoms with Gasteiger partial charge in [0.1, 0.15) is 5.58 Å². The van der Waals surface area contributed by atoms with Gasteiger partial charge in [-0.2, -0.15) is 11.8 Å². The molecule has 8 heteroatoms. The molecule has 0 spiro atoms. The van der Waals surface area contributed by atoms with E-state index in [2.05, 4.69) is 0 Å². The Morgan fingerprint density at radius 3 is 2.61 bits per heavy atom. The largest absolute Gasteiger partial charge is 0.451 e. The number of furan rings is 1. The Hall–Kier alpha value is -1.51. The molecule has 1 saturated carbocycles. The second-order valence-corrected chi connectivity index (χ2v) is 13.1. The summed E-state index contributed by atoms with van der Waals surface area (Å²) in [5, 5.41) is 1.61. The van der Waals surface area contributed by atoms with Gasteiger partial charge in [-0.05, 0) is 38.2 Å². The van der Waals surface area contributed by atoms with Crippen LogP contribution in [0.4, 0.5) is 0 Å². The molecular weight excluding hydrogens is 458 g/mol. The minimum atomic E-state index is -3.12. The summed E-state index contributed by atoms with van der Waals surface area (Å²) in [6, 6.07) is 7.52. The molecule has 2 atom stereocenters. The second kappa shape index (κ2) is 10.0. The lowest BCUT2D eigenvalue weighted by Gasteiger charge is -2.30. The lowest BCUT2D eigenvalue weighted by atomic mass is 10.0. The van der Waals surface area contributed by atoms with Crippen molar-refractivity contribution in [3.8, 4) is 0 Å². The third-order valence-electron chi connectivity index (χ3n) is 7.24. The first-order valence-electron chi connectivity index (χ1n) is 12.3. The zero-order chi connectivity index (χ0) is 22.8. The van der Waals surface area contributed by atoms with Gasteiger partial charge in [-0.1, -0.05) is 37.5 Å². The van der Waals surface area contributed by atoms with Crippen molar-refractivity contribution >= 4 is 38.5 Å². The van der Waals surface area contributed by atoms with E-state index >= 15 is 0 Å². The van der Waals surface area contributed by atoms with E-state index in [1.165, 1.54) is 32.1 Å². The van der Waals surface area contributed by atoms with Gasteiger partial charge >= 0.3 is 0 Å². The number of benzene rings is 1. The maximum atomic E-state index is 13.9. The van der Waals surface area contributed by atoms with Crippen LogP contribution in [0.3, 0.4) is 0 Å². The fourth-order valence-electron chi connectivity index (χ4n) is 5.40. The number of hydrogen-bond acceptors (Lipinski definition) is 6. The summed E-state index contributed by atoms with van der Waals surface area (Å²) >= 11 is 1.93. The molecule has 0 unspecified atom stereocenters. The van der Waals surface area contributed by atoms with Crippen LogP contribution in [0.15, 0.2) is 28.7 Å². The smallest absolute Gasteiger partial charge is 0.290 e. The molecule has 3 fully saturated rings. The van der Waals surface area contributed by atoms with Crippen molar-refractivity contribution in [1.29, 1.82) is 0 Å². The Morgan fingerprint density at radius 1 is 1.06 bits per heavy atom. The van der Waals surface area contributed by atoms with Gasteiger partial charge in [-0.15, -0.1) is 0 Å². The summed E-state index contributed by atoms with van der Waals surface area (Å²) in [5.74, 6) is 1.08. The van der Waals surface area contributed by atoms with E-state index < -0.39 is 9.84 Å². The Bertz CT molecular complexity index is 1080. The predicted octanol–water partition coefficient (Wildman–Crippen LogP) is 4.81. The monoisotopic (exact) mass is 491 g/mol. The second-order valence-electron chi connectivity index (χ2n) is 9.63. The van der Waals surface area contributed by atoms with E-state index in [1.54, 1.807) is 4.90 Å². The summed E-state index contributed by atoms with van der Waals surface area (Å²) < 4.78 is 36.4. The number of hydrogen-bond donors (Lipinski definition) is 0. The molecule has 2 aromatic rings. The summed E-state index contributed by atoms with van der Waals surface area (Å²) in [6.07, 6.45) is 8.65. The van der Waals surface area contributed by atoms with Crippen molar-refractivity contribution in [2.75, 3.05) is 24.7 Å². The first kappa shape index (κ1) is 23.2. The minimum Gasteiger partial charge on any atom is -0.451 e. The predicted molar refractivity (Wildman–Crippen MR) is 131 cm³/mol. The summed E-state index contributed by atoms with van der Waals surface area (Å²) in [4.78, 5) is 15.7. The van der Waals surface area contributed by atoms with Gasteiger partial charge in [-0.3, -0.25) is 4.79 Å². The Balaban J connectivity index is 1.45. The number of fused-ring (bicyclic) bond motifs is 1. The molecule has 180 valence electrons. The topological polar surface area (TPSA) is 76.8 Å². The van der Waals surface area contributed by atoms with Crippen molar-refractivity contribution in [2.24, 2.45) is 0 Å². The van der Waals surface area contributed by atoms with Crippen molar-refractivity contribution < 1.29 is 22.4 Å². The van der Waals surface area contributed by atoms with Crippen LogP contribution in [0, 0.1) is 0 Å². The number of sulfone groups is 1. The van der Waals surface area contributed by atoms with Gasteiger partial charge in [0.2, 0.25) is 0 Å². The maximum Gasteiger partial charge on any atom is 0.290 e. The van der Waals surface area contributed by atoms with Gasteiger partial charge in [0.05, 0.1) is 17.6 Å². The normalized spacial score (nSPS) is 25.6. The molecule has 3 heterocycles. The third-order valence-corrected chi connectivity index (χ3v) is 10.4. The Morgan fingerprint density at radius 2 is 1.88 bits per heavy atom. The van der Waals surface area contributed by atoms with Crippen LogP contribution in [0.2, 0.25) is 0 Å². The maximum absolute atomic E-state index is 13.9. The van der Waals surface area contributed by atoms with Crippen LogP contribution in [0.1, 0.15) is 67.5 Å². The highest BCUT2D eigenvalue weighted by atomic mass is 32.2. The molecule has 5 rings (SSSR count). The summed E-state index contributed by atoms with van der Waals surface area (Å²) in [7, 11) is -3.12. The molecule has 0 bridgehead atoms. The molecule has 1 aromatic carbocycles. The number of ether oxygens (including phenoxy) is 1. The van der Waals surface area contributed by atoms with Crippen molar-refractivity contribution in [1.82, 2.24) is 4.90 Å². The Kier molecular flexibility index (Phi) is 7.04. The molecule has 0 radical (unpaired) electrons. The highest BCUT2D eigenvalue weighted by molar-refractivity contribution is 7.99. The highest BCUT2D eigenvalue weighted by Gasteiger charge is 2.38. The van der Waals surface area contributed by atoms with Crippen molar-refractivity contribution in [3.63, 3.8) is 0 Å². The van der Waals surface area contributed by atoms with E-state index in [0.29, 0.717) is 30.6 Å². The number of carbonyl (C=O) groups excluding carboxylic acids is 1. The van der Waals surface area contributed by atoms with Crippen LogP contribution in [0.5, 0.6) is 0 Å². The van der Waals surface area contributed by atoms with Crippen LogP contribution < -0.4 is 0 Å². The fraction of sp³-hybridized carbons (Fsp3) is 0.640. The average molecular weight is 492 g/mol. The van der Waals surface area contributed by atoms with E-state index in [-0.39, 0.29) is 29.6 Å². The van der Waals surface area contributed by atoms with Gasteiger partial charge < -0.3 is 14.1 Å². The SMILES string of the molecule is O=C(c1oc2ccccc2c1CSC1CCCCC1)N(C[C@@H]1CCCO1)[C@@H]1CCS(=O)(=O)C1. The Labute approximate surface area is 200 Å².